The molecule has 77 heavy (non-hydrogen) atoms. The van der Waals surface area contributed by atoms with Crippen molar-refractivity contribution >= 4 is 66.5 Å². The summed E-state index contributed by atoms with van der Waals surface area (Å²) in [5.74, 6) is 0.611. The van der Waals surface area contributed by atoms with Crippen molar-refractivity contribution in [3.8, 4) is 50.2 Å². The topological polar surface area (TPSA) is 8.17 Å². The van der Waals surface area contributed by atoms with Crippen LogP contribution in [-0.4, -0.2) is 4.57 Å². The quantitative estimate of drug-likeness (QED) is 0.147. The van der Waals surface area contributed by atoms with Crippen molar-refractivity contribution in [3.05, 3.63) is 296 Å². The monoisotopic (exact) mass is 986 g/mol. The molecule has 0 spiro atoms. The normalized spacial score (nSPS) is 14.3. The Hall–Kier alpha value is -9.50. The van der Waals surface area contributed by atoms with Crippen LogP contribution in [0.3, 0.4) is 0 Å². The summed E-state index contributed by atoms with van der Waals surface area (Å²) in [7, 11) is 0. The molecule has 0 aliphatic heterocycles. The molecule has 0 radical (unpaired) electrons. The lowest BCUT2D eigenvalue weighted by molar-refractivity contribution is 0.881. The molecule has 0 N–H and O–H groups in total. The summed E-state index contributed by atoms with van der Waals surface area (Å²) in [6.07, 6.45) is 17.5. The molecular formula is C75H58N2. The number of rotatable bonds is 8. The van der Waals surface area contributed by atoms with Crippen LogP contribution in [0.2, 0.25) is 0 Å². The highest BCUT2D eigenvalue weighted by molar-refractivity contribution is 6.10. The van der Waals surface area contributed by atoms with Crippen LogP contribution in [0.5, 0.6) is 0 Å². The fraction of sp³-hybridized carbons (Fsp3) is 0.0667. The van der Waals surface area contributed by atoms with Gasteiger partial charge in [0, 0.05) is 33.5 Å². The van der Waals surface area contributed by atoms with Crippen LogP contribution < -0.4 is 4.90 Å². The summed E-state index contributed by atoms with van der Waals surface area (Å²) in [6.45, 7) is 4.28. The maximum Gasteiger partial charge on any atom is 0.0541 e. The van der Waals surface area contributed by atoms with E-state index in [9.17, 15) is 0 Å². The Labute approximate surface area is 452 Å². The lowest BCUT2D eigenvalue weighted by atomic mass is 9.93. The van der Waals surface area contributed by atoms with Gasteiger partial charge in [-0.3, -0.25) is 0 Å². The minimum absolute atomic E-state index is 0.611. The predicted octanol–water partition coefficient (Wildman–Crippen LogP) is 20.9. The smallest absolute Gasteiger partial charge is 0.0541 e. The molecule has 2 aliphatic carbocycles. The lowest BCUT2D eigenvalue weighted by Crippen LogP contribution is -2.09. The average Bonchev–Trinajstić information content (AvgIpc) is 3.84. The molecule has 2 nitrogen and oxygen atoms in total. The van der Waals surface area contributed by atoms with Gasteiger partial charge in [-0.15, -0.1) is 0 Å². The summed E-state index contributed by atoms with van der Waals surface area (Å²) in [4.78, 5) is 2.37. The summed E-state index contributed by atoms with van der Waals surface area (Å²) < 4.78 is 2.40. The highest BCUT2D eigenvalue weighted by atomic mass is 15.1. The summed E-state index contributed by atoms with van der Waals surface area (Å²) in [5, 5.41) is 7.50. The Morgan fingerprint density at radius 1 is 0.416 bits per heavy atom. The van der Waals surface area contributed by atoms with Gasteiger partial charge in [0.25, 0.3) is 0 Å². The van der Waals surface area contributed by atoms with Crippen molar-refractivity contribution in [3.63, 3.8) is 0 Å². The number of aromatic nitrogens is 1. The third-order valence-electron chi connectivity index (χ3n) is 15.7. The van der Waals surface area contributed by atoms with Gasteiger partial charge in [-0.2, -0.15) is 0 Å². The zero-order valence-electron chi connectivity index (χ0n) is 43.5. The van der Waals surface area contributed by atoms with Gasteiger partial charge in [0.2, 0.25) is 0 Å². The first-order valence-electron chi connectivity index (χ1n) is 27.0. The molecule has 0 saturated carbocycles. The Morgan fingerprint density at radius 2 is 0.896 bits per heavy atom. The van der Waals surface area contributed by atoms with Crippen LogP contribution in [0, 0.1) is 5.92 Å². The Balaban J connectivity index is 0.000000573. The Kier molecular flexibility index (Phi) is 12.7. The minimum Gasteiger partial charge on any atom is -0.311 e. The van der Waals surface area contributed by atoms with Gasteiger partial charge >= 0.3 is 0 Å². The van der Waals surface area contributed by atoms with Crippen molar-refractivity contribution < 1.29 is 0 Å². The molecule has 368 valence electrons. The van der Waals surface area contributed by atoms with Gasteiger partial charge in [-0.25, -0.2) is 0 Å². The highest BCUT2D eigenvalue weighted by Crippen LogP contribution is 2.40. The Morgan fingerprint density at radius 3 is 1.47 bits per heavy atom. The maximum absolute atomic E-state index is 2.40. The second-order valence-corrected chi connectivity index (χ2v) is 20.4. The first kappa shape index (κ1) is 47.2. The number of para-hydroxylation sites is 1. The standard InChI is InChI=1S/C66H46N2.C9H12/c1-4-12-52-41-55(20-17-45(52)9-1)48-23-32-59(33-24-48)67(60-34-25-49(26-35-60)56-21-18-46-10-2-5-13-53(46)42-56)61-36-27-51(28-37-61)58-31-40-66-64(44-58)63-15-7-8-16-65(63)68(66)62-38-29-50(30-39-62)57-22-19-47-11-3-6-14-54(47)43-57;1-3-9-7-5-4-6-8(9)2/h1,3-9,11-44H,2,10H2;3-8H,1-2H3/b;9-3-. The fourth-order valence-corrected chi connectivity index (χ4v) is 11.5. The molecular weight excluding hydrogens is 929 g/mol. The SMILES string of the molecule is C/C=C1/C=CC=CC1C.C1=Cc2cc(-c3ccc(N(c4ccc(-c5ccc6ccccc6c5)cc4)c4ccc(-c5ccc6c(c5)c5ccccc5n6-c5ccc(-c6ccc7ccccc7c6)cc5)cc4)cc3)ccc2CC1. The van der Waals surface area contributed by atoms with E-state index in [-0.39, 0.29) is 0 Å². The lowest BCUT2D eigenvalue weighted by Gasteiger charge is -2.26. The number of allylic oxidation sites excluding steroid dienone is 7. The van der Waals surface area contributed by atoms with Gasteiger partial charge in [0.15, 0.2) is 0 Å². The van der Waals surface area contributed by atoms with Crippen LogP contribution in [0.15, 0.2) is 285 Å². The molecule has 1 aromatic heterocycles. The van der Waals surface area contributed by atoms with Crippen molar-refractivity contribution in [1.82, 2.24) is 4.57 Å². The van der Waals surface area contributed by atoms with Gasteiger partial charge < -0.3 is 9.47 Å². The van der Waals surface area contributed by atoms with E-state index in [1.54, 1.807) is 0 Å². The third kappa shape index (κ3) is 9.41. The molecule has 12 aromatic rings. The number of hydrogen-bond acceptors (Lipinski definition) is 1. The van der Waals surface area contributed by atoms with Crippen LogP contribution in [0.25, 0.3) is 99.6 Å². The van der Waals surface area contributed by atoms with E-state index in [0.29, 0.717) is 5.92 Å². The highest BCUT2D eigenvalue weighted by Gasteiger charge is 2.17. The minimum atomic E-state index is 0.611. The third-order valence-corrected chi connectivity index (χ3v) is 15.7. The molecule has 2 heteroatoms. The number of anilines is 3. The summed E-state index contributed by atoms with van der Waals surface area (Å²) >= 11 is 0. The number of benzene rings is 11. The fourth-order valence-electron chi connectivity index (χ4n) is 11.5. The molecule has 14 rings (SSSR count). The van der Waals surface area contributed by atoms with E-state index in [1.807, 2.05) is 0 Å². The van der Waals surface area contributed by atoms with Crippen LogP contribution in [0.1, 0.15) is 31.4 Å². The molecule has 0 amide bonds. The molecule has 1 atom stereocenters. The van der Waals surface area contributed by atoms with Crippen LogP contribution >= 0.6 is 0 Å². The number of hydrogen-bond donors (Lipinski definition) is 0. The number of nitrogens with zero attached hydrogens (tertiary/aromatic N) is 2. The van der Waals surface area contributed by atoms with E-state index in [0.717, 1.165) is 35.6 Å². The number of fused-ring (bicyclic) bond motifs is 6. The van der Waals surface area contributed by atoms with Gasteiger partial charge in [0.05, 0.1) is 11.0 Å². The zero-order chi connectivity index (χ0) is 51.7. The summed E-state index contributed by atoms with van der Waals surface area (Å²) in [6, 6.07) is 89.3. The molecule has 0 fully saturated rings. The van der Waals surface area contributed by atoms with Crippen LogP contribution in [0.4, 0.5) is 17.1 Å². The molecule has 0 saturated heterocycles. The zero-order valence-corrected chi connectivity index (χ0v) is 43.5. The van der Waals surface area contributed by atoms with Gasteiger partial charge in [-0.1, -0.05) is 207 Å². The van der Waals surface area contributed by atoms with E-state index >= 15 is 0 Å². The van der Waals surface area contributed by atoms with Crippen molar-refractivity contribution in [1.29, 1.82) is 0 Å². The van der Waals surface area contributed by atoms with E-state index in [2.05, 4.69) is 309 Å². The van der Waals surface area contributed by atoms with Gasteiger partial charge in [-0.05, 0) is 193 Å². The van der Waals surface area contributed by atoms with Crippen molar-refractivity contribution in [2.24, 2.45) is 5.92 Å². The van der Waals surface area contributed by atoms with E-state index < -0.39 is 0 Å². The first-order chi connectivity index (χ1) is 38.0. The Bertz CT molecular complexity index is 4260. The average molecular weight is 987 g/mol. The maximum atomic E-state index is 2.40. The molecule has 11 aromatic carbocycles. The molecule has 1 heterocycles. The van der Waals surface area contributed by atoms with Crippen molar-refractivity contribution in [2.45, 2.75) is 26.7 Å². The second kappa shape index (κ2) is 20.7. The number of aryl methyl sites for hydroxylation is 1. The molecule has 0 bridgehead atoms. The largest absolute Gasteiger partial charge is 0.311 e. The van der Waals surface area contributed by atoms with E-state index in [4.69, 9.17) is 0 Å². The molecule has 1 unspecified atom stereocenters. The van der Waals surface area contributed by atoms with Crippen molar-refractivity contribution in [2.75, 3.05) is 4.90 Å². The predicted molar refractivity (Wildman–Crippen MR) is 331 cm³/mol. The summed E-state index contributed by atoms with van der Waals surface area (Å²) in [5.41, 5.74) is 20.7. The van der Waals surface area contributed by atoms with Crippen LogP contribution in [-0.2, 0) is 6.42 Å². The first-order valence-corrected chi connectivity index (χ1v) is 27.0. The molecule has 2 aliphatic rings. The second-order valence-electron chi connectivity index (χ2n) is 20.4. The van der Waals surface area contributed by atoms with E-state index in [1.165, 1.54) is 105 Å². The van der Waals surface area contributed by atoms with Gasteiger partial charge in [0.1, 0.15) is 0 Å².